The van der Waals surface area contributed by atoms with Gasteiger partial charge in [-0.05, 0) is 19.1 Å². The zero-order valence-electron chi connectivity index (χ0n) is 13.8. The Labute approximate surface area is 141 Å². The number of carbonyl (C=O) groups excluding carboxylic acids is 2. The molecule has 3 amide bonds. The van der Waals surface area contributed by atoms with E-state index in [0.717, 1.165) is 24.3 Å². The minimum absolute atomic E-state index is 0.0264. The summed E-state index contributed by atoms with van der Waals surface area (Å²) in [6.07, 6.45) is 1.59. The minimum atomic E-state index is -0.450. The van der Waals surface area contributed by atoms with Gasteiger partial charge in [0.15, 0.2) is 11.5 Å². The van der Waals surface area contributed by atoms with Crippen LogP contribution in [0.5, 0.6) is 11.5 Å². The second kappa shape index (κ2) is 7.42. The summed E-state index contributed by atoms with van der Waals surface area (Å²) in [4.78, 5) is 25.3. The van der Waals surface area contributed by atoms with Gasteiger partial charge in [-0.1, -0.05) is 12.1 Å². The minimum Gasteiger partial charge on any atom is -0.490 e. The number of hydrogen-bond acceptors (Lipinski definition) is 4. The van der Waals surface area contributed by atoms with Crippen LogP contribution in [0.25, 0.3) is 0 Å². The van der Waals surface area contributed by atoms with Crippen molar-refractivity contribution < 1.29 is 19.1 Å². The first-order chi connectivity index (χ1) is 11.7. The second-order valence-corrected chi connectivity index (χ2v) is 5.93. The van der Waals surface area contributed by atoms with Crippen LogP contribution in [0.1, 0.15) is 19.8 Å². The van der Waals surface area contributed by atoms with Crippen LogP contribution >= 0.6 is 0 Å². The van der Waals surface area contributed by atoms with Crippen LogP contribution in [-0.2, 0) is 4.79 Å². The molecule has 3 rings (SSSR count). The summed E-state index contributed by atoms with van der Waals surface area (Å²) in [5.74, 6) is 1.47. The first-order valence-corrected chi connectivity index (χ1v) is 8.39. The van der Waals surface area contributed by atoms with Crippen molar-refractivity contribution in [1.82, 2.24) is 15.5 Å². The molecule has 0 spiro atoms. The van der Waals surface area contributed by atoms with Gasteiger partial charge in [0, 0.05) is 32.5 Å². The van der Waals surface area contributed by atoms with E-state index in [9.17, 15) is 9.59 Å². The number of piperidine rings is 1. The van der Waals surface area contributed by atoms with Crippen molar-refractivity contribution >= 4 is 11.9 Å². The molecule has 7 nitrogen and oxygen atoms in total. The molecule has 0 bridgehead atoms. The molecule has 1 atom stereocenters. The van der Waals surface area contributed by atoms with Gasteiger partial charge in [0.05, 0.1) is 6.61 Å². The standard InChI is InChI=1S/C17H23N3O4/c1-2-23-14-5-3-4-6-15(14)24-12-7-9-20(10-8-12)16(21)13-11-18-17(22)19-13/h3-6,12-13H,2,7-11H2,1H3,(H2,18,19,22)/t13-/m1/s1. The molecule has 0 aromatic heterocycles. The lowest BCUT2D eigenvalue weighted by molar-refractivity contribution is -0.134. The molecular weight excluding hydrogens is 310 g/mol. The zero-order chi connectivity index (χ0) is 16.9. The quantitative estimate of drug-likeness (QED) is 0.847. The summed E-state index contributed by atoms with van der Waals surface area (Å²) in [7, 11) is 0. The van der Waals surface area contributed by atoms with Crippen LogP contribution in [0.15, 0.2) is 24.3 Å². The van der Waals surface area contributed by atoms with Crippen LogP contribution in [-0.4, -0.2) is 55.2 Å². The molecule has 2 N–H and O–H groups in total. The first kappa shape index (κ1) is 16.4. The third-order valence-electron chi connectivity index (χ3n) is 4.27. The van der Waals surface area contributed by atoms with Gasteiger partial charge in [0.25, 0.3) is 0 Å². The summed E-state index contributed by atoms with van der Waals surface area (Å²) >= 11 is 0. The van der Waals surface area contributed by atoms with Crippen molar-refractivity contribution in [1.29, 1.82) is 0 Å². The van der Waals surface area contributed by atoms with Crippen molar-refractivity contribution in [2.75, 3.05) is 26.2 Å². The van der Waals surface area contributed by atoms with Crippen LogP contribution in [0, 0.1) is 0 Å². The lowest BCUT2D eigenvalue weighted by Crippen LogP contribution is -2.49. The van der Waals surface area contributed by atoms with Gasteiger partial charge in [-0.2, -0.15) is 0 Å². The SMILES string of the molecule is CCOc1ccccc1OC1CCN(C(=O)[C@H]2CNC(=O)N2)CC1. The monoisotopic (exact) mass is 333 g/mol. The highest BCUT2D eigenvalue weighted by atomic mass is 16.5. The van der Waals surface area contributed by atoms with E-state index in [1.807, 2.05) is 31.2 Å². The molecule has 2 aliphatic rings. The van der Waals surface area contributed by atoms with Gasteiger partial charge in [-0.15, -0.1) is 0 Å². The second-order valence-electron chi connectivity index (χ2n) is 5.93. The molecule has 0 radical (unpaired) electrons. The third-order valence-corrected chi connectivity index (χ3v) is 4.27. The topological polar surface area (TPSA) is 79.9 Å². The molecule has 24 heavy (non-hydrogen) atoms. The predicted octanol–water partition coefficient (Wildman–Crippen LogP) is 1.14. The fourth-order valence-electron chi connectivity index (χ4n) is 3.02. The van der Waals surface area contributed by atoms with Gasteiger partial charge >= 0.3 is 6.03 Å². The number of nitrogens with zero attached hydrogens (tertiary/aromatic N) is 1. The number of rotatable bonds is 5. The summed E-state index contributed by atoms with van der Waals surface area (Å²) in [5.41, 5.74) is 0. The highest BCUT2D eigenvalue weighted by molar-refractivity contribution is 5.90. The number of carbonyl (C=O) groups is 2. The molecular formula is C17H23N3O4. The number of amides is 3. The molecule has 7 heteroatoms. The van der Waals surface area contributed by atoms with Crippen LogP contribution in [0.4, 0.5) is 4.79 Å². The van der Waals surface area contributed by atoms with E-state index >= 15 is 0 Å². The maximum atomic E-state index is 12.4. The Morgan fingerprint density at radius 1 is 1.25 bits per heavy atom. The van der Waals surface area contributed by atoms with Gasteiger partial charge < -0.3 is 25.0 Å². The Morgan fingerprint density at radius 2 is 1.96 bits per heavy atom. The molecule has 0 unspecified atom stereocenters. The number of nitrogens with one attached hydrogen (secondary N) is 2. The van der Waals surface area contributed by atoms with Gasteiger partial charge in [0.1, 0.15) is 12.1 Å². The third kappa shape index (κ3) is 3.72. The Morgan fingerprint density at radius 3 is 2.58 bits per heavy atom. The van der Waals surface area contributed by atoms with Crippen molar-refractivity contribution in [3.8, 4) is 11.5 Å². The molecule has 0 aliphatic carbocycles. The van der Waals surface area contributed by atoms with Crippen molar-refractivity contribution in [2.45, 2.75) is 31.9 Å². The maximum Gasteiger partial charge on any atom is 0.315 e. The molecule has 2 saturated heterocycles. The summed E-state index contributed by atoms with van der Waals surface area (Å²) in [5, 5.41) is 5.25. The van der Waals surface area contributed by atoms with E-state index in [1.54, 1.807) is 4.90 Å². The average molecular weight is 333 g/mol. The average Bonchev–Trinajstić information content (AvgIpc) is 3.03. The highest BCUT2D eigenvalue weighted by Gasteiger charge is 2.33. The molecule has 1 aromatic carbocycles. The number of benzene rings is 1. The Balaban J connectivity index is 1.52. The molecule has 2 heterocycles. The predicted molar refractivity (Wildman–Crippen MR) is 88.2 cm³/mol. The Kier molecular flexibility index (Phi) is 5.08. The first-order valence-electron chi connectivity index (χ1n) is 8.39. The maximum absolute atomic E-state index is 12.4. The van der Waals surface area contributed by atoms with E-state index in [4.69, 9.17) is 9.47 Å². The molecule has 2 aliphatic heterocycles. The summed E-state index contributed by atoms with van der Waals surface area (Å²) in [6.45, 7) is 4.15. The van der Waals surface area contributed by atoms with Crippen molar-refractivity contribution in [2.24, 2.45) is 0 Å². The zero-order valence-corrected chi connectivity index (χ0v) is 13.8. The van der Waals surface area contributed by atoms with E-state index in [2.05, 4.69) is 10.6 Å². The van der Waals surface area contributed by atoms with Gasteiger partial charge in [-0.25, -0.2) is 4.79 Å². The van der Waals surface area contributed by atoms with E-state index in [-0.39, 0.29) is 18.0 Å². The van der Waals surface area contributed by atoms with E-state index < -0.39 is 6.04 Å². The fourth-order valence-corrected chi connectivity index (χ4v) is 3.02. The lowest BCUT2D eigenvalue weighted by atomic mass is 10.1. The molecule has 130 valence electrons. The summed E-state index contributed by atoms with van der Waals surface area (Å²) < 4.78 is 11.6. The number of likely N-dealkylation sites (tertiary alicyclic amines) is 1. The highest BCUT2D eigenvalue weighted by Crippen LogP contribution is 2.29. The van der Waals surface area contributed by atoms with Gasteiger partial charge in [0.2, 0.25) is 5.91 Å². The smallest absolute Gasteiger partial charge is 0.315 e. The van der Waals surface area contributed by atoms with E-state index in [0.29, 0.717) is 26.2 Å². The number of para-hydroxylation sites is 2. The fraction of sp³-hybridized carbons (Fsp3) is 0.529. The van der Waals surface area contributed by atoms with E-state index in [1.165, 1.54) is 0 Å². The lowest BCUT2D eigenvalue weighted by Gasteiger charge is -2.33. The Hall–Kier alpha value is -2.44. The number of hydrogen-bond donors (Lipinski definition) is 2. The molecule has 0 saturated carbocycles. The van der Waals surface area contributed by atoms with Gasteiger partial charge in [-0.3, -0.25) is 4.79 Å². The normalized spacial score (nSPS) is 21.1. The summed E-state index contributed by atoms with van der Waals surface area (Å²) in [6, 6.07) is 6.91. The van der Waals surface area contributed by atoms with Crippen LogP contribution in [0.2, 0.25) is 0 Å². The largest absolute Gasteiger partial charge is 0.490 e. The molecule has 1 aromatic rings. The van der Waals surface area contributed by atoms with Crippen molar-refractivity contribution in [3.05, 3.63) is 24.3 Å². The molecule has 2 fully saturated rings. The van der Waals surface area contributed by atoms with Crippen LogP contribution < -0.4 is 20.1 Å². The van der Waals surface area contributed by atoms with Crippen LogP contribution in [0.3, 0.4) is 0 Å². The van der Waals surface area contributed by atoms with Crippen molar-refractivity contribution in [3.63, 3.8) is 0 Å². The Bertz CT molecular complexity index is 599. The number of urea groups is 1. The number of ether oxygens (including phenoxy) is 2.